The lowest BCUT2D eigenvalue weighted by molar-refractivity contribution is 0.215. The smallest absolute Gasteiger partial charge is 0.0363 e. The number of nitrogens with zero attached hydrogens (tertiary/aromatic N) is 1. The standard InChI is InChI=1S/C17H28N2/c1-3-6-14-8-10-15(11-9-14)17(19-4-2)16-7-5-12-18-13-16/h5,7,12-15,17,19H,3-4,6,8-11H2,1-2H3. The zero-order valence-corrected chi connectivity index (χ0v) is 12.4. The summed E-state index contributed by atoms with van der Waals surface area (Å²) in [6.45, 7) is 5.55. The lowest BCUT2D eigenvalue weighted by Crippen LogP contribution is -2.31. The number of rotatable bonds is 6. The van der Waals surface area contributed by atoms with Gasteiger partial charge in [0.15, 0.2) is 0 Å². The van der Waals surface area contributed by atoms with Crippen LogP contribution in [0.15, 0.2) is 24.5 Å². The molecule has 0 radical (unpaired) electrons. The second-order valence-electron chi connectivity index (χ2n) is 5.89. The molecule has 106 valence electrons. The van der Waals surface area contributed by atoms with Crippen molar-refractivity contribution >= 4 is 0 Å². The molecule has 0 spiro atoms. The number of pyridine rings is 1. The topological polar surface area (TPSA) is 24.9 Å². The molecule has 1 atom stereocenters. The maximum absolute atomic E-state index is 4.29. The van der Waals surface area contributed by atoms with Gasteiger partial charge in [-0.2, -0.15) is 0 Å². The van der Waals surface area contributed by atoms with E-state index in [-0.39, 0.29) is 0 Å². The van der Waals surface area contributed by atoms with Crippen LogP contribution in [0.3, 0.4) is 0 Å². The van der Waals surface area contributed by atoms with Gasteiger partial charge in [0, 0.05) is 18.4 Å². The lowest BCUT2D eigenvalue weighted by Gasteiger charge is -2.34. The molecule has 19 heavy (non-hydrogen) atoms. The van der Waals surface area contributed by atoms with Crippen molar-refractivity contribution in [3.63, 3.8) is 0 Å². The molecule has 1 unspecified atom stereocenters. The molecule has 0 bridgehead atoms. The molecule has 0 saturated heterocycles. The van der Waals surface area contributed by atoms with Crippen molar-refractivity contribution in [1.29, 1.82) is 0 Å². The fraction of sp³-hybridized carbons (Fsp3) is 0.706. The van der Waals surface area contributed by atoms with Crippen LogP contribution in [-0.2, 0) is 0 Å². The monoisotopic (exact) mass is 260 g/mol. The van der Waals surface area contributed by atoms with E-state index in [1.54, 1.807) is 0 Å². The van der Waals surface area contributed by atoms with E-state index < -0.39 is 0 Å². The minimum absolute atomic E-state index is 0.501. The molecule has 1 heterocycles. The van der Waals surface area contributed by atoms with Gasteiger partial charge in [0.25, 0.3) is 0 Å². The van der Waals surface area contributed by atoms with Crippen molar-refractivity contribution in [2.45, 2.75) is 58.4 Å². The molecule has 2 rings (SSSR count). The number of aromatic nitrogens is 1. The highest BCUT2D eigenvalue weighted by Crippen LogP contribution is 2.38. The van der Waals surface area contributed by atoms with Crippen LogP contribution in [0.5, 0.6) is 0 Å². The van der Waals surface area contributed by atoms with E-state index in [0.29, 0.717) is 6.04 Å². The fourth-order valence-corrected chi connectivity index (χ4v) is 3.56. The van der Waals surface area contributed by atoms with Crippen LogP contribution in [0.4, 0.5) is 0 Å². The Morgan fingerprint density at radius 1 is 1.26 bits per heavy atom. The lowest BCUT2D eigenvalue weighted by atomic mass is 9.75. The molecule has 2 nitrogen and oxygen atoms in total. The molecule has 0 aliphatic heterocycles. The van der Waals surface area contributed by atoms with E-state index in [0.717, 1.165) is 18.4 Å². The minimum atomic E-state index is 0.501. The Morgan fingerprint density at radius 3 is 2.63 bits per heavy atom. The number of hydrogen-bond donors (Lipinski definition) is 1. The first-order chi connectivity index (χ1) is 9.35. The highest BCUT2D eigenvalue weighted by molar-refractivity contribution is 5.15. The summed E-state index contributed by atoms with van der Waals surface area (Å²) < 4.78 is 0. The summed E-state index contributed by atoms with van der Waals surface area (Å²) in [6, 6.07) is 4.78. The summed E-state index contributed by atoms with van der Waals surface area (Å²) in [7, 11) is 0. The van der Waals surface area contributed by atoms with Gasteiger partial charge in [-0.15, -0.1) is 0 Å². The first kappa shape index (κ1) is 14.5. The summed E-state index contributed by atoms with van der Waals surface area (Å²) in [6.07, 6.45) is 12.2. The number of hydrogen-bond acceptors (Lipinski definition) is 2. The Kier molecular flexibility index (Phi) is 5.84. The van der Waals surface area contributed by atoms with Crippen LogP contribution >= 0.6 is 0 Å². The molecule has 0 amide bonds. The van der Waals surface area contributed by atoms with Crippen molar-refractivity contribution in [3.8, 4) is 0 Å². The van der Waals surface area contributed by atoms with Crippen LogP contribution in [0.2, 0.25) is 0 Å². The summed E-state index contributed by atoms with van der Waals surface area (Å²) in [5.41, 5.74) is 1.36. The summed E-state index contributed by atoms with van der Waals surface area (Å²) in [4.78, 5) is 4.29. The zero-order valence-electron chi connectivity index (χ0n) is 12.4. The Labute approximate surface area is 118 Å². The molecule has 1 aliphatic carbocycles. The normalized spacial score (nSPS) is 25.2. The Balaban J connectivity index is 1.97. The predicted octanol–water partition coefficient (Wildman–Crippen LogP) is 4.34. The SMILES string of the molecule is CCCC1CCC(C(NCC)c2cccnc2)CC1. The van der Waals surface area contributed by atoms with Crippen molar-refractivity contribution < 1.29 is 0 Å². The molecular weight excluding hydrogens is 232 g/mol. The van der Waals surface area contributed by atoms with Crippen LogP contribution in [-0.4, -0.2) is 11.5 Å². The van der Waals surface area contributed by atoms with Crippen molar-refractivity contribution in [2.24, 2.45) is 11.8 Å². The largest absolute Gasteiger partial charge is 0.310 e. The third-order valence-corrected chi connectivity index (χ3v) is 4.53. The highest BCUT2D eigenvalue weighted by Gasteiger charge is 2.27. The van der Waals surface area contributed by atoms with E-state index in [2.05, 4.69) is 36.3 Å². The molecule has 1 aliphatic rings. The second kappa shape index (κ2) is 7.64. The predicted molar refractivity (Wildman–Crippen MR) is 81.0 cm³/mol. The molecule has 1 fully saturated rings. The second-order valence-corrected chi connectivity index (χ2v) is 5.89. The van der Waals surface area contributed by atoms with Gasteiger partial charge in [0.1, 0.15) is 0 Å². The molecular formula is C17H28N2. The van der Waals surface area contributed by atoms with E-state index in [4.69, 9.17) is 0 Å². The van der Waals surface area contributed by atoms with Gasteiger partial charge in [0.05, 0.1) is 0 Å². The third-order valence-electron chi connectivity index (χ3n) is 4.53. The van der Waals surface area contributed by atoms with E-state index in [9.17, 15) is 0 Å². The molecule has 1 saturated carbocycles. The summed E-state index contributed by atoms with van der Waals surface area (Å²) in [5, 5.41) is 3.68. The molecule has 2 heteroatoms. The third kappa shape index (κ3) is 4.04. The van der Waals surface area contributed by atoms with E-state index in [1.807, 2.05) is 12.4 Å². The van der Waals surface area contributed by atoms with Crippen LogP contribution < -0.4 is 5.32 Å². The molecule has 1 N–H and O–H groups in total. The van der Waals surface area contributed by atoms with Gasteiger partial charge in [-0.05, 0) is 42.9 Å². The average molecular weight is 260 g/mol. The van der Waals surface area contributed by atoms with Gasteiger partial charge in [-0.3, -0.25) is 4.98 Å². The van der Waals surface area contributed by atoms with Gasteiger partial charge >= 0.3 is 0 Å². The first-order valence-electron chi connectivity index (χ1n) is 7.98. The Bertz CT molecular complexity index is 342. The maximum Gasteiger partial charge on any atom is 0.0363 e. The van der Waals surface area contributed by atoms with E-state index >= 15 is 0 Å². The summed E-state index contributed by atoms with van der Waals surface area (Å²) >= 11 is 0. The average Bonchev–Trinajstić information content (AvgIpc) is 2.47. The fourth-order valence-electron chi connectivity index (χ4n) is 3.56. The molecule has 0 aromatic carbocycles. The van der Waals surface area contributed by atoms with E-state index in [1.165, 1.54) is 44.1 Å². The summed E-state index contributed by atoms with van der Waals surface area (Å²) in [5.74, 6) is 1.77. The first-order valence-corrected chi connectivity index (χ1v) is 7.98. The molecule has 1 aromatic heterocycles. The van der Waals surface area contributed by atoms with Gasteiger partial charge < -0.3 is 5.32 Å². The zero-order chi connectivity index (χ0) is 13.5. The van der Waals surface area contributed by atoms with Crippen LogP contribution in [0.1, 0.15) is 64.0 Å². The number of nitrogens with one attached hydrogen (secondary N) is 1. The van der Waals surface area contributed by atoms with Crippen LogP contribution in [0, 0.1) is 11.8 Å². The van der Waals surface area contributed by atoms with Crippen molar-refractivity contribution in [1.82, 2.24) is 10.3 Å². The van der Waals surface area contributed by atoms with Gasteiger partial charge in [-0.1, -0.05) is 45.6 Å². The van der Waals surface area contributed by atoms with Gasteiger partial charge in [-0.25, -0.2) is 0 Å². The molecule has 1 aromatic rings. The quantitative estimate of drug-likeness (QED) is 0.823. The van der Waals surface area contributed by atoms with Crippen molar-refractivity contribution in [3.05, 3.63) is 30.1 Å². The highest BCUT2D eigenvalue weighted by atomic mass is 14.9. The Morgan fingerprint density at radius 2 is 2.05 bits per heavy atom. The Hall–Kier alpha value is -0.890. The van der Waals surface area contributed by atoms with Crippen molar-refractivity contribution in [2.75, 3.05) is 6.54 Å². The van der Waals surface area contributed by atoms with Gasteiger partial charge in [0.2, 0.25) is 0 Å². The minimum Gasteiger partial charge on any atom is -0.310 e. The van der Waals surface area contributed by atoms with Crippen LogP contribution in [0.25, 0.3) is 0 Å². The maximum atomic E-state index is 4.29.